The molecule has 0 radical (unpaired) electrons. The molecule has 0 bridgehead atoms. The van der Waals surface area contributed by atoms with Gasteiger partial charge in [0.15, 0.2) is 0 Å². The van der Waals surface area contributed by atoms with Gasteiger partial charge in [0.05, 0.1) is 11.9 Å². The fourth-order valence-electron chi connectivity index (χ4n) is 2.43. The molecule has 0 spiro atoms. The van der Waals surface area contributed by atoms with Crippen molar-refractivity contribution in [2.24, 2.45) is 0 Å². The van der Waals surface area contributed by atoms with Crippen LogP contribution in [0.1, 0.15) is 10.4 Å². The number of aromatic nitrogens is 2. The van der Waals surface area contributed by atoms with Gasteiger partial charge in [0.25, 0.3) is 0 Å². The lowest BCUT2D eigenvalue weighted by atomic mass is 10.2. The van der Waals surface area contributed by atoms with Crippen molar-refractivity contribution >= 4 is 36.0 Å². The van der Waals surface area contributed by atoms with E-state index in [9.17, 15) is 9.59 Å². The van der Waals surface area contributed by atoms with Crippen molar-refractivity contribution in [3.05, 3.63) is 48.5 Å². The van der Waals surface area contributed by atoms with E-state index in [1.807, 2.05) is 4.90 Å². The lowest BCUT2D eigenvalue weighted by Gasteiger charge is -2.24. The highest BCUT2D eigenvalue weighted by atomic mass is 35.5. The number of thioether (sulfide) groups is 1. The minimum Gasteiger partial charge on any atom is -0.491 e. The molecule has 1 fully saturated rings. The van der Waals surface area contributed by atoms with E-state index in [0.717, 1.165) is 5.75 Å². The van der Waals surface area contributed by atoms with Crippen LogP contribution in [0.25, 0.3) is 0 Å². The van der Waals surface area contributed by atoms with Gasteiger partial charge in [0, 0.05) is 24.7 Å². The number of ether oxygens (including phenoxy) is 1. The molecule has 1 aromatic heterocycles. The summed E-state index contributed by atoms with van der Waals surface area (Å²) in [6, 6.07) is 6.25. The summed E-state index contributed by atoms with van der Waals surface area (Å²) in [5.41, 5.74) is 0.217. The van der Waals surface area contributed by atoms with Gasteiger partial charge in [0.1, 0.15) is 24.3 Å². The summed E-state index contributed by atoms with van der Waals surface area (Å²) < 4.78 is 7.46. The number of carboxylic acids is 1. The van der Waals surface area contributed by atoms with E-state index in [4.69, 9.17) is 9.84 Å². The van der Waals surface area contributed by atoms with Crippen molar-refractivity contribution in [3.8, 4) is 5.75 Å². The first-order chi connectivity index (χ1) is 11.6. The third-order valence-electron chi connectivity index (χ3n) is 3.68. The number of nitrogens with zero attached hydrogens (tertiary/aromatic N) is 3. The van der Waals surface area contributed by atoms with Crippen molar-refractivity contribution < 1.29 is 19.4 Å². The largest absolute Gasteiger partial charge is 0.491 e. The molecule has 1 aromatic carbocycles. The standard InChI is InChI=1S/C16H17N3O4S.ClH/c20-14(9-18-6-5-17-11-18)19-7-8-24-15(19)10-23-13-3-1-12(2-4-13)16(21)22;/h1-6,11,15H,7-10H2,(H,21,22);1H. The lowest BCUT2D eigenvalue weighted by Crippen LogP contribution is -2.39. The summed E-state index contributed by atoms with van der Waals surface area (Å²) >= 11 is 1.68. The van der Waals surface area contributed by atoms with Gasteiger partial charge in [0.2, 0.25) is 5.91 Å². The van der Waals surface area contributed by atoms with Crippen molar-refractivity contribution in [3.63, 3.8) is 0 Å². The highest BCUT2D eigenvalue weighted by molar-refractivity contribution is 8.00. The van der Waals surface area contributed by atoms with Crippen molar-refractivity contribution in [1.82, 2.24) is 14.5 Å². The van der Waals surface area contributed by atoms with Gasteiger partial charge < -0.3 is 19.3 Å². The van der Waals surface area contributed by atoms with Gasteiger partial charge >= 0.3 is 5.97 Å². The van der Waals surface area contributed by atoms with Crippen molar-refractivity contribution in [2.75, 3.05) is 18.9 Å². The van der Waals surface area contributed by atoms with Crippen LogP contribution >= 0.6 is 24.2 Å². The number of hydrogen-bond donors (Lipinski definition) is 1. The Bertz CT molecular complexity index is 709. The number of carbonyl (C=O) groups excluding carboxylic acids is 1. The Kier molecular flexibility index (Phi) is 6.72. The van der Waals surface area contributed by atoms with Crippen LogP contribution in [0.5, 0.6) is 5.75 Å². The zero-order chi connectivity index (χ0) is 16.9. The number of amides is 1. The highest BCUT2D eigenvalue weighted by Gasteiger charge is 2.29. The molecular formula is C16H18ClN3O4S. The average molecular weight is 384 g/mol. The Balaban J connectivity index is 0.00000225. The summed E-state index contributed by atoms with van der Waals surface area (Å²) in [4.78, 5) is 29.0. The van der Waals surface area contributed by atoms with Crippen LogP contribution in [0, 0.1) is 0 Å². The third-order valence-corrected chi connectivity index (χ3v) is 4.87. The normalized spacial score (nSPS) is 16.3. The molecule has 9 heteroatoms. The molecule has 1 amide bonds. The zero-order valence-electron chi connectivity index (χ0n) is 13.3. The number of aromatic carboxylic acids is 1. The lowest BCUT2D eigenvalue weighted by molar-refractivity contribution is -0.132. The predicted octanol–water partition coefficient (Wildman–Crippen LogP) is 1.98. The fraction of sp³-hybridized carbons (Fsp3) is 0.312. The smallest absolute Gasteiger partial charge is 0.335 e. The van der Waals surface area contributed by atoms with E-state index in [2.05, 4.69) is 4.98 Å². The number of carboxylic acid groups (broad SMARTS) is 1. The minimum absolute atomic E-state index is 0. The Morgan fingerprint density at radius 3 is 2.72 bits per heavy atom. The van der Waals surface area contributed by atoms with Crippen molar-refractivity contribution in [1.29, 1.82) is 0 Å². The molecular weight excluding hydrogens is 366 g/mol. The summed E-state index contributed by atoms with van der Waals surface area (Å²) in [5.74, 6) is 0.535. The van der Waals surface area contributed by atoms with Gasteiger partial charge in [-0.2, -0.15) is 0 Å². The monoisotopic (exact) mass is 383 g/mol. The first-order valence-corrected chi connectivity index (χ1v) is 8.51. The zero-order valence-corrected chi connectivity index (χ0v) is 14.9. The molecule has 1 unspecified atom stereocenters. The number of rotatable bonds is 6. The number of benzene rings is 1. The Morgan fingerprint density at radius 2 is 2.08 bits per heavy atom. The first kappa shape index (κ1) is 19.1. The van der Waals surface area contributed by atoms with Crippen LogP contribution < -0.4 is 4.74 Å². The van der Waals surface area contributed by atoms with Crippen LogP contribution in [0.4, 0.5) is 0 Å². The summed E-state index contributed by atoms with van der Waals surface area (Å²) in [6.45, 7) is 1.33. The molecule has 1 N–H and O–H groups in total. The molecule has 1 aliphatic heterocycles. The van der Waals surface area contributed by atoms with E-state index < -0.39 is 5.97 Å². The molecule has 7 nitrogen and oxygen atoms in total. The predicted molar refractivity (Wildman–Crippen MR) is 96.3 cm³/mol. The molecule has 3 rings (SSSR count). The SMILES string of the molecule is Cl.O=C(O)c1ccc(OCC2SCCN2C(=O)Cn2ccnc2)cc1. The van der Waals surface area contributed by atoms with Crippen LogP contribution in [-0.4, -0.2) is 55.7 Å². The molecule has 1 saturated heterocycles. The molecule has 1 atom stereocenters. The van der Waals surface area contributed by atoms with Gasteiger partial charge in [-0.3, -0.25) is 4.79 Å². The van der Waals surface area contributed by atoms with Crippen LogP contribution in [0.3, 0.4) is 0 Å². The summed E-state index contributed by atoms with van der Waals surface area (Å²) in [6.07, 6.45) is 5.03. The van der Waals surface area contributed by atoms with E-state index in [1.165, 1.54) is 12.1 Å². The van der Waals surface area contributed by atoms with Gasteiger partial charge in [-0.15, -0.1) is 24.2 Å². The Hall–Kier alpha value is -2.19. The second-order valence-corrected chi connectivity index (χ2v) is 6.57. The van der Waals surface area contributed by atoms with Crippen LogP contribution in [0.15, 0.2) is 43.0 Å². The summed E-state index contributed by atoms with van der Waals surface area (Å²) in [7, 11) is 0. The maximum absolute atomic E-state index is 12.4. The second kappa shape index (κ2) is 8.77. The van der Waals surface area contributed by atoms with Crippen molar-refractivity contribution in [2.45, 2.75) is 11.9 Å². The van der Waals surface area contributed by atoms with Crippen LogP contribution in [0.2, 0.25) is 0 Å². The second-order valence-electron chi connectivity index (χ2n) is 5.29. The molecule has 1 aliphatic rings. The first-order valence-electron chi connectivity index (χ1n) is 7.46. The fourth-order valence-corrected chi connectivity index (χ4v) is 3.57. The van der Waals surface area contributed by atoms with E-state index in [-0.39, 0.29) is 35.8 Å². The highest BCUT2D eigenvalue weighted by Crippen LogP contribution is 2.25. The Morgan fingerprint density at radius 1 is 1.32 bits per heavy atom. The van der Waals surface area contributed by atoms with E-state index in [0.29, 0.717) is 18.9 Å². The maximum Gasteiger partial charge on any atom is 0.335 e. The minimum atomic E-state index is -0.968. The molecule has 2 heterocycles. The number of imidazole rings is 1. The Labute approximate surface area is 155 Å². The van der Waals surface area contributed by atoms with Crippen LogP contribution in [-0.2, 0) is 11.3 Å². The van der Waals surface area contributed by atoms with E-state index >= 15 is 0 Å². The maximum atomic E-state index is 12.4. The third kappa shape index (κ3) is 4.90. The van der Waals surface area contributed by atoms with Gasteiger partial charge in [-0.1, -0.05) is 0 Å². The molecule has 25 heavy (non-hydrogen) atoms. The topological polar surface area (TPSA) is 84.7 Å². The molecule has 134 valence electrons. The number of carbonyl (C=O) groups is 2. The van der Waals surface area contributed by atoms with Gasteiger partial charge in [-0.25, -0.2) is 9.78 Å². The molecule has 0 aliphatic carbocycles. The molecule has 2 aromatic rings. The average Bonchev–Trinajstić information content (AvgIpc) is 3.24. The number of halogens is 1. The van der Waals surface area contributed by atoms with E-state index in [1.54, 1.807) is 47.2 Å². The van der Waals surface area contributed by atoms with Gasteiger partial charge in [-0.05, 0) is 24.3 Å². The number of hydrogen-bond acceptors (Lipinski definition) is 5. The quantitative estimate of drug-likeness (QED) is 0.821. The summed E-state index contributed by atoms with van der Waals surface area (Å²) in [5, 5.41) is 8.84. The molecule has 0 saturated carbocycles.